The van der Waals surface area contributed by atoms with E-state index in [2.05, 4.69) is 51.2 Å². The molecule has 6 aromatic rings. The number of halogens is 3. The van der Waals surface area contributed by atoms with E-state index in [1.807, 2.05) is 32.9 Å². The molecule has 2 aromatic heterocycles. The highest BCUT2D eigenvalue weighted by Gasteiger charge is 2.13. The van der Waals surface area contributed by atoms with Crippen molar-refractivity contribution in [3.63, 3.8) is 0 Å². The molecule has 0 radical (unpaired) electrons. The van der Waals surface area contributed by atoms with Crippen molar-refractivity contribution in [2.24, 2.45) is 0 Å². The molecular formula is C45H47Cl3N10O6. The molecule has 0 amide bonds. The molecule has 334 valence electrons. The van der Waals surface area contributed by atoms with Crippen LogP contribution >= 0.6 is 34.8 Å². The molecule has 0 saturated carbocycles. The maximum Gasteiger partial charge on any atom is 0.338 e. The highest BCUT2D eigenvalue weighted by atomic mass is 35.5. The Labute approximate surface area is 385 Å². The number of carbonyl (C=O) groups is 3. The van der Waals surface area contributed by atoms with E-state index in [-0.39, 0.29) is 52.3 Å². The molecule has 0 saturated heterocycles. The van der Waals surface area contributed by atoms with Crippen LogP contribution in [0.25, 0.3) is 0 Å². The summed E-state index contributed by atoms with van der Waals surface area (Å²) < 4.78 is 15.9. The molecule has 16 nitrogen and oxygen atoms in total. The molecule has 0 atom stereocenters. The smallest absolute Gasteiger partial charge is 0.338 e. The lowest BCUT2D eigenvalue weighted by Crippen LogP contribution is -2.09. The molecule has 0 fully saturated rings. The lowest BCUT2D eigenvalue weighted by atomic mass is 10.2. The number of ether oxygens (including phenoxy) is 3. The first-order valence-corrected chi connectivity index (χ1v) is 21.6. The Hall–Kier alpha value is -6.62. The number of para-hydroxylation sites is 1. The Balaban J connectivity index is 0.000000401. The number of rotatable bonds is 20. The van der Waals surface area contributed by atoms with E-state index in [0.29, 0.717) is 64.3 Å². The Morgan fingerprint density at radius 3 is 1.09 bits per heavy atom. The van der Waals surface area contributed by atoms with E-state index in [0.717, 1.165) is 38.5 Å². The van der Waals surface area contributed by atoms with Gasteiger partial charge in [-0.1, -0.05) is 63.8 Å². The summed E-state index contributed by atoms with van der Waals surface area (Å²) in [6.45, 7) is 7.23. The molecule has 2 heterocycles. The van der Waals surface area contributed by atoms with Crippen LogP contribution in [0.3, 0.4) is 0 Å². The fourth-order valence-corrected chi connectivity index (χ4v) is 5.79. The second-order valence-corrected chi connectivity index (χ2v) is 14.8. The standard InChI is InChI=1S/C36H42N6O6.C9H5Cl3N4/c1-4-7-22-46-31(43)25-10-16-28(17-11-25)37-34-40-35(38-29-18-12-26(13-19-29)32(44)47-23-8-5-2)42-36(41-34)39-30-20-14-27(15-21-30)33(45)48-24-9-6-3;10-5-3-1-2-4-6(5)13-9-15-7(11)14-8(12)16-9/h10-21H,4-9,22-24H2,1-3H3,(H3,37,38,39,40,41,42);1-4H,(H,13,14,15,16). The van der Waals surface area contributed by atoms with E-state index >= 15 is 0 Å². The molecule has 0 spiro atoms. The van der Waals surface area contributed by atoms with Crippen LogP contribution < -0.4 is 21.3 Å². The molecular weight excluding hydrogens is 883 g/mol. The number of benzene rings is 4. The third-order valence-electron chi connectivity index (χ3n) is 8.66. The van der Waals surface area contributed by atoms with Crippen LogP contribution in [-0.2, 0) is 14.2 Å². The monoisotopic (exact) mass is 928 g/mol. The molecule has 6 rings (SSSR count). The lowest BCUT2D eigenvalue weighted by Gasteiger charge is -2.12. The second-order valence-electron chi connectivity index (χ2n) is 13.7. The number of hydrogen-bond donors (Lipinski definition) is 4. The molecule has 0 unspecified atom stereocenters. The summed E-state index contributed by atoms with van der Waals surface area (Å²) in [5, 5.41) is 13.0. The summed E-state index contributed by atoms with van der Waals surface area (Å²) in [6, 6.07) is 27.6. The number of anilines is 8. The summed E-state index contributed by atoms with van der Waals surface area (Å²) in [5.41, 5.74) is 3.90. The zero-order valence-corrected chi connectivity index (χ0v) is 37.6. The first-order chi connectivity index (χ1) is 31.0. The van der Waals surface area contributed by atoms with Crippen molar-refractivity contribution >= 4 is 99.3 Å². The van der Waals surface area contributed by atoms with Crippen LogP contribution in [0.4, 0.5) is 46.5 Å². The highest BCUT2D eigenvalue weighted by Crippen LogP contribution is 2.25. The Morgan fingerprint density at radius 1 is 0.438 bits per heavy atom. The molecule has 4 N–H and O–H groups in total. The van der Waals surface area contributed by atoms with Gasteiger partial charge in [0.1, 0.15) is 0 Å². The minimum absolute atomic E-state index is 0.0227. The van der Waals surface area contributed by atoms with Crippen molar-refractivity contribution in [2.75, 3.05) is 41.1 Å². The fourth-order valence-electron chi connectivity index (χ4n) is 5.24. The number of hydrogen-bond acceptors (Lipinski definition) is 16. The van der Waals surface area contributed by atoms with Crippen molar-refractivity contribution < 1.29 is 28.6 Å². The van der Waals surface area contributed by atoms with Gasteiger partial charge in [0.05, 0.1) is 47.2 Å². The maximum atomic E-state index is 12.3. The van der Waals surface area contributed by atoms with Crippen LogP contribution in [0, 0.1) is 0 Å². The van der Waals surface area contributed by atoms with Crippen molar-refractivity contribution in [2.45, 2.75) is 59.3 Å². The summed E-state index contributed by atoms with van der Waals surface area (Å²) >= 11 is 17.2. The first-order valence-electron chi connectivity index (χ1n) is 20.5. The zero-order valence-electron chi connectivity index (χ0n) is 35.4. The first kappa shape index (κ1) is 48.4. The third kappa shape index (κ3) is 15.9. The van der Waals surface area contributed by atoms with Gasteiger partial charge in [0, 0.05) is 17.1 Å². The summed E-state index contributed by atoms with van der Waals surface area (Å²) in [5.74, 6) is -0.226. The Bertz CT molecular complexity index is 2220. The van der Waals surface area contributed by atoms with E-state index < -0.39 is 0 Å². The number of nitrogens with zero attached hydrogens (tertiary/aromatic N) is 6. The Kier molecular flexibility index (Phi) is 19.3. The van der Waals surface area contributed by atoms with Gasteiger partial charge < -0.3 is 35.5 Å². The molecule has 0 aliphatic rings. The average molecular weight is 930 g/mol. The predicted molar refractivity (Wildman–Crippen MR) is 249 cm³/mol. The van der Waals surface area contributed by atoms with Crippen LogP contribution in [0.15, 0.2) is 97.1 Å². The lowest BCUT2D eigenvalue weighted by molar-refractivity contribution is 0.0490. The fraction of sp³-hybridized carbons (Fsp3) is 0.267. The minimum Gasteiger partial charge on any atom is -0.462 e. The van der Waals surface area contributed by atoms with Crippen molar-refractivity contribution in [3.05, 3.63) is 129 Å². The number of aromatic nitrogens is 6. The van der Waals surface area contributed by atoms with Crippen LogP contribution in [0.1, 0.15) is 90.4 Å². The number of unbranched alkanes of at least 4 members (excludes halogenated alkanes) is 3. The third-order valence-corrected chi connectivity index (χ3v) is 9.33. The minimum atomic E-state index is -0.381. The van der Waals surface area contributed by atoms with Gasteiger partial charge in [-0.25, -0.2) is 14.4 Å². The van der Waals surface area contributed by atoms with Gasteiger partial charge in [-0.3, -0.25) is 0 Å². The zero-order chi connectivity index (χ0) is 45.7. The number of carbonyl (C=O) groups excluding carboxylic acids is 3. The SMILES string of the molecule is CCCCOC(=O)c1ccc(Nc2nc(Nc3ccc(C(=O)OCCCC)cc3)nc(Nc3ccc(C(=O)OCCCC)cc3)n2)cc1.Clc1nc(Cl)nc(Nc2ccccc2Cl)n1. The predicted octanol–water partition coefficient (Wildman–Crippen LogP) is 11.5. The van der Waals surface area contributed by atoms with Crippen molar-refractivity contribution in [1.82, 2.24) is 29.9 Å². The van der Waals surface area contributed by atoms with E-state index in [9.17, 15) is 14.4 Å². The molecule has 0 aliphatic carbocycles. The van der Waals surface area contributed by atoms with Crippen molar-refractivity contribution in [1.29, 1.82) is 0 Å². The quantitative estimate of drug-likeness (QED) is 0.0319. The summed E-state index contributed by atoms with van der Waals surface area (Å²) in [6.07, 6.45) is 5.24. The second kappa shape index (κ2) is 25.5. The molecule has 19 heteroatoms. The van der Waals surface area contributed by atoms with Crippen molar-refractivity contribution in [3.8, 4) is 0 Å². The van der Waals surface area contributed by atoms with Crippen LogP contribution in [0.2, 0.25) is 15.6 Å². The van der Waals surface area contributed by atoms with Gasteiger partial charge in [0.15, 0.2) is 0 Å². The van der Waals surface area contributed by atoms with Gasteiger partial charge in [-0.15, -0.1) is 0 Å². The largest absolute Gasteiger partial charge is 0.462 e. The van der Waals surface area contributed by atoms with Gasteiger partial charge in [-0.2, -0.15) is 29.9 Å². The highest BCUT2D eigenvalue weighted by molar-refractivity contribution is 6.33. The van der Waals surface area contributed by atoms with Crippen LogP contribution in [-0.4, -0.2) is 67.6 Å². The topological polar surface area (TPSA) is 204 Å². The van der Waals surface area contributed by atoms with Gasteiger partial charge in [-0.05, 0) is 127 Å². The van der Waals surface area contributed by atoms with E-state index in [1.54, 1.807) is 84.9 Å². The van der Waals surface area contributed by atoms with Crippen LogP contribution in [0.5, 0.6) is 0 Å². The van der Waals surface area contributed by atoms with E-state index in [4.69, 9.17) is 49.0 Å². The maximum absolute atomic E-state index is 12.3. The van der Waals surface area contributed by atoms with Gasteiger partial charge in [0.2, 0.25) is 34.4 Å². The number of esters is 3. The molecule has 0 bridgehead atoms. The van der Waals surface area contributed by atoms with E-state index in [1.165, 1.54) is 0 Å². The average Bonchev–Trinajstić information content (AvgIpc) is 3.28. The van der Waals surface area contributed by atoms with Gasteiger partial charge in [0.25, 0.3) is 0 Å². The summed E-state index contributed by atoms with van der Waals surface area (Å²) in [4.78, 5) is 61.9. The normalized spacial score (nSPS) is 10.5. The molecule has 0 aliphatic heterocycles. The molecule has 64 heavy (non-hydrogen) atoms. The van der Waals surface area contributed by atoms with Gasteiger partial charge >= 0.3 is 17.9 Å². The Morgan fingerprint density at radius 2 is 0.766 bits per heavy atom. The molecule has 4 aromatic carbocycles. The summed E-state index contributed by atoms with van der Waals surface area (Å²) in [7, 11) is 0. The number of nitrogens with one attached hydrogen (secondary N) is 4.